The maximum Gasteiger partial charge on any atom is 0.407 e. The maximum atomic E-state index is 11.9. The van der Waals surface area contributed by atoms with E-state index in [1.807, 2.05) is 38.4 Å². The lowest BCUT2D eigenvalue weighted by Crippen LogP contribution is -2.30. The number of ether oxygens (including phenoxy) is 1. The largest absolute Gasteiger partial charge is 0.450 e. The van der Waals surface area contributed by atoms with Crippen LogP contribution < -0.4 is 5.32 Å². The number of carbonyl (C=O) groups excluding carboxylic acids is 1. The Labute approximate surface area is 137 Å². The average Bonchev–Trinajstić information content (AvgIpc) is 2.54. The summed E-state index contributed by atoms with van der Waals surface area (Å²) in [6.45, 7) is 3.01. The molecule has 1 unspecified atom stereocenters. The molecule has 1 heterocycles. The Hall–Kier alpha value is -2.40. The summed E-state index contributed by atoms with van der Waals surface area (Å²) >= 11 is 0. The Bertz CT molecular complexity index is 612. The van der Waals surface area contributed by atoms with Crippen LogP contribution in [-0.2, 0) is 11.3 Å². The number of aromatic nitrogens is 1. The fraction of sp³-hybridized carbons (Fsp3) is 0.333. The van der Waals surface area contributed by atoms with Crippen LogP contribution in [0.5, 0.6) is 0 Å². The predicted molar refractivity (Wildman–Crippen MR) is 90.1 cm³/mol. The van der Waals surface area contributed by atoms with Crippen LogP contribution in [0, 0.1) is 0 Å². The molecule has 0 saturated carbocycles. The van der Waals surface area contributed by atoms with Gasteiger partial charge in [-0.15, -0.1) is 0 Å². The average molecular weight is 313 g/mol. The summed E-state index contributed by atoms with van der Waals surface area (Å²) in [7, 11) is 4.08. The number of carbonyl (C=O) groups is 1. The van der Waals surface area contributed by atoms with Crippen LogP contribution in [0.4, 0.5) is 4.79 Å². The number of alkyl carbamates (subject to hydrolysis) is 1. The molecule has 0 spiro atoms. The molecule has 2 aromatic rings. The van der Waals surface area contributed by atoms with Crippen LogP contribution in [0.2, 0.25) is 0 Å². The highest BCUT2D eigenvalue weighted by atomic mass is 16.5. The van der Waals surface area contributed by atoms with E-state index in [4.69, 9.17) is 4.74 Å². The first-order valence-electron chi connectivity index (χ1n) is 7.67. The van der Waals surface area contributed by atoms with E-state index >= 15 is 0 Å². The fourth-order valence-corrected chi connectivity index (χ4v) is 2.39. The molecular formula is C18H23N3O2. The third-order valence-corrected chi connectivity index (χ3v) is 3.39. The standard InChI is InChI=1S/C18H23N3O2/c1-4-23-18(22)20-17(16-9-11-19-12-10-16)15-7-5-14(6-8-15)13-21(2)3/h5-12,17H,4,13H2,1-3H3,(H,20,22). The van der Waals surface area contributed by atoms with Crippen LogP contribution >= 0.6 is 0 Å². The van der Waals surface area contributed by atoms with Gasteiger partial charge in [0.25, 0.3) is 0 Å². The van der Waals surface area contributed by atoms with Crippen molar-refractivity contribution in [3.8, 4) is 0 Å². The van der Waals surface area contributed by atoms with Gasteiger partial charge in [0.15, 0.2) is 0 Å². The molecule has 0 saturated heterocycles. The summed E-state index contributed by atoms with van der Waals surface area (Å²) in [5.74, 6) is 0. The topological polar surface area (TPSA) is 54.5 Å². The van der Waals surface area contributed by atoms with Gasteiger partial charge in [0.2, 0.25) is 0 Å². The number of hydrogen-bond acceptors (Lipinski definition) is 4. The molecule has 1 amide bonds. The van der Waals surface area contributed by atoms with E-state index in [1.165, 1.54) is 5.56 Å². The molecule has 0 fully saturated rings. The number of benzene rings is 1. The van der Waals surface area contributed by atoms with Gasteiger partial charge in [0, 0.05) is 18.9 Å². The minimum Gasteiger partial charge on any atom is -0.450 e. The van der Waals surface area contributed by atoms with E-state index in [9.17, 15) is 4.79 Å². The van der Waals surface area contributed by atoms with E-state index in [-0.39, 0.29) is 6.04 Å². The molecule has 1 aromatic heterocycles. The summed E-state index contributed by atoms with van der Waals surface area (Å²) in [6.07, 6.45) is 3.01. The van der Waals surface area contributed by atoms with Crippen molar-refractivity contribution in [2.24, 2.45) is 0 Å². The van der Waals surface area contributed by atoms with Crippen molar-refractivity contribution in [3.63, 3.8) is 0 Å². The number of nitrogens with zero attached hydrogens (tertiary/aromatic N) is 2. The van der Waals surface area contributed by atoms with Gasteiger partial charge in [-0.3, -0.25) is 4.98 Å². The van der Waals surface area contributed by atoms with E-state index in [1.54, 1.807) is 19.3 Å². The Morgan fingerprint density at radius 3 is 2.30 bits per heavy atom. The zero-order chi connectivity index (χ0) is 16.7. The van der Waals surface area contributed by atoms with Gasteiger partial charge in [-0.1, -0.05) is 24.3 Å². The first-order chi connectivity index (χ1) is 11.1. The molecule has 5 heteroatoms. The van der Waals surface area contributed by atoms with E-state index in [0.29, 0.717) is 6.61 Å². The SMILES string of the molecule is CCOC(=O)NC(c1ccncc1)c1ccc(CN(C)C)cc1. The molecule has 0 bridgehead atoms. The van der Waals surface area contributed by atoms with Crippen molar-refractivity contribution < 1.29 is 9.53 Å². The molecule has 1 aromatic carbocycles. The molecule has 1 atom stereocenters. The van der Waals surface area contributed by atoms with Crippen molar-refractivity contribution in [2.75, 3.05) is 20.7 Å². The lowest BCUT2D eigenvalue weighted by molar-refractivity contribution is 0.149. The van der Waals surface area contributed by atoms with Crippen LogP contribution in [0.3, 0.4) is 0 Å². The summed E-state index contributed by atoms with van der Waals surface area (Å²) < 4.78 is 5.02. The smallest absolute Gasteiger partial charge is 0.407 e. The number of amides is 1. The molecule has 1 N–H and O–H groups in total. The minimum absolute atomic E-state index is 0.259. The molecule has 23 heavy (non-hydrogen) atoms. The molecular weight excluding hydrogens is 290 g/mol. The zero-order valence-electron chi connectivity index (χ0n) is 13.8. The van der Waals surface area contributed by atoms with Crippen molar-refractivity contribution in [3.05, 3.63) is 65.5 Å². The van der Waals surface area contributed by atoms with Crippen LogP contribution in [0.15, 0.2) is 48.8 Å². The van der Waals surface area contributed by atoms with Crippen LogP contribution in [0.25, 0.3) is 0 Å². The first-order valence-corrected chi connectivity index (χ1v) is 7.67. The van der Waals surface area contributed by atoms with Gasteiger partial charge < -0.3 is 15.0 Å². The van der Waals surface area contributed by atoms with Gasteiger partial charge in [0.05, 0.1) is 12.6 Å². The molecule has 0 aliphatic rings. The molecule has 0 radical (unpaired) electrons. The lowest BCUT2D eigenvalue weighted by atomic mass is 9.98. The normalized spacial score (nSPS) is 12.0. The van der Waals surface area contributed by atoms with Crippen molar-refractivity contribution >= 4 is 6.09 Å². The van der Waals surface area contributed by atoms with Gasteiger partial charge >= 0.3 is 6.09 Å². The monoisotopic (exact) mass is 313 g/mol. The van der Waals surface area contributed by atoms with Gasteiger partial charge in [-0.05, 0) is 49.8 Å². The Morgan fingerprint density at radius 2 is 1.74 bits per heavy atom. The maximum absolute atomic E-state index is 11.9. The Balaban J connectivity index is 2.24. The number of pyridine rings is 1. The molecule has 122 valence electrons. The second-order valence-electron chi connectivity index (χ2n) is 5.56. The second kappa shape index (κ2) is 8.29. The van der Waals surface area contributed by atoms with Crippen molar-refractivity contribution in [2.45, 2.75) is 19.5 Å². The zero-order valence-corrected chi connectivity index (χ0v) is 13.8. The lowest BCUT2D eigenvalue weighted by Gasteiger charge is -2.20. The predicted octanol–water partition coefficient (Wildman–Crippen LogP) is 2.98. The third kappa shape index (κ3) is 5.07. The van der Waals surface area contributed by atoms with Gasteiger partial charge in [-0.25, -0.2) is 4.79 Å². The minimum atomic E-state index is -0.424. The van der Waals surface area contributed by atoms with E-state index < -0.39 is 6.09 Å². The van der Waals surface area contributed by atoms with E-state index in [0.717, 1.165) is 17.7 Å². The highest BCUT2D eigenvalue weighted by Crippen LogP contribution is 2.22. The summed E-state index contributed by atoms with van der Waals surface area (Å²) in [5.41, 5.74) is 3.20. The van der Waals surface area contributed by atoms with Crippen LogP contribution in [-0.4, -0.2) is 36.7 Å². The van der Waals surface area contributed by atoms with Crippen molar-refractivity contribution in [1.29, 1.82) is 0 Å². The highest BCUT2D eigenvalue weighted by Gasteiger charge is 2.17. The fourth-order valence-electron chi connectivity index (χ4n) is 2.39. The summed E-state index contributed by atoms with van der Waals surface area (Å²) in [6, 6.07) is 11.8. The highest BCUT2D eigenvalue weighted by molar-refractivity contribution is 5.68. The first kappa shape index (κ1) is 17.0. The molecule has 5 nitrogen and oxygen atoms in total. The third-order valence-electron chi connectivity index (χ3n) is 3.39. The number of nitrogens with one attached hydrogen (secondary N) is 1. The van der Waals surface area contributed by atoms with Gasteiger partial charge in [0.1, 0.15) is 0 Å². The molecule has 0 aliphatic heterocycles. The summed E-state index contributed by atoms with van der Waals surface area (Å²) in [5, 5.41) is 2.91. The summed E-state index contributed by atoms with van der Waals surface area (Å²) in [4.78, 5) is 18.0. The van der Waals surface area contributed by atoms with Crippen LogP contribution in [0.1, 0.15) is 29.7 Å². The number of rotatable bonds is 6. The Morgan fingerprint density at radius 1 is 1.13 bits per heavy atom. The van der Waals surface area contributed by atoms with Crippen molar-refractivity contribution in [1.82, 2.24) is 15.2 Å². The quantitative estimate of drug-likeness (QED) is 0.891. The second-order valence-corrected chi connectivity index (χ2v) is 5.56. The number of hydrogen-bond donors (Lipinski definition) is 1. The molecule has 0 aliphatic carbocycles. The van der Waals surface area contributed by atoms with Gasteiger partial charge in [-0.2, -0.15) is 0 Å². The molecule has 2 rings (SSSR count). The van der Waals surface area contributed by atoms with E-state index in [2.05, 4.69) is 27.3 Å². The Kier molecular flexibility index (Phi) is 6.11.